The standard InChI is InChI=1S/C13H22O2/c1-6-8-12(15-9-7-2)13(14-5)10-11(3)4/h6,8,10-11H,1,7,9H2,2-5H3/b12-8+,13-10+. The van der Waals surface area contributed by atoms with Crippen LogP contribution in [-0.2, 0) is 9.47 Å². The summed E-state index contributed by atoms with van der Waals surface area (Å²) in [5.74, 6) is 1.96. The largest absolute Gasteiger partial charge is 0.493 e. The number of rotatable bonds is 7. The first-order valence-electron chi connectivity index (χ1n) is 5.37. The molecule has 0 bridgehead atoms. The highest BCUT2D eigenvalue weighted by atomic mass is 16.5. The SMILES string of the molecule is C=C/C=C(OCCC)\C(=C/C(C)C)OC. The normalized spacial score (nSPS) is 12.9. The quantitative estimate of drug-likeness (QED) is 0.471. The Morgan fingerprint density at radius 1 is 1.33 bits per heavy atom. The van der Waals surface area contributed by atoms with Gasteiger partial charge in [0.15, 0.2) is 11.5 Å². The topological polar surface area (TPSA) is 18.5 Å². The van der Waals surface area contributed by atoms with Crippen LogP contribution in [0.1, 0.15) is 27.2 Å². The molecule has 0 amide bonds. The first kappa shape index (κ1) is 13.8. The molecule has 0 aliphatic rings. The lowest BCUT2D eigenvalue weighted by atomic mass is 10.2. The Labute approximate surface area is 93.3 Å². The van der Waals surface area contributed by atoms with Crippen molar-refractivity contribution < 1.29 is 9.47 Å². The summed E-state index contributed by atoms with van der Waals surface area (Å²) < 4.78 is 10.9. The number of ether oxygens (including phenoxy) is 2. The molecule has 0 spiro atoms. The Morgan fingerprint density at radius 2 is 2.00 bits per heavy atom. The summed E-state index contributed by atoms with van der Waals surface area (Å²) in [7, 11) is 1.65. The minimum Gasteiger partial charge on any atom is -0.493 e. The molecule has 0 aliphatic heterocycles. The zero-order valence-electron chi connectivity index (χ0n) is 10.2. The molecule has 0 aromatic heterocycles. The lowest BCUT2D eigenvalue weighted by molar-refractivity contribution is 0.175. The molecule has 0 aromatic rings. The molecule has 0 rings (SSSR count). The predicted octanol–water partition coefficient (Wildman–Crippen LogP) is 3.67. The third-order valence-corrected chi connectivity index (χ3v) is 1.68. The van der Waals surface area contributed by atoms with E-state index in [0.717, 1.165) is 17.9 Å². The van der Waals surface area contributed by atoms with Crippen LogP contribution in [0.25, 0.3) is 0 Å². The number of hydrogen-bond donors (Lipinski definition) is 0. The van der Waals surface area contributed by atoms with Gasteiger partial charge in [-0.15, -0.1) is 0 Å². The second-order valence-corrected chi connectivity index (χ2v) is 3.59. The van der Waals surface area contributed by atoms with Crippen LogP contribution in [0, 0.1) is 5.92 Å². The molecule has 0 saturated carbocycles. The minimum absolute atomic E-state index is 0.429. The van der Waals surface area contributed by atoms with E-state index in [1.807, 2.05) is 12.2 Å². The molecular weight excluding hydrogens is 188 g/mol. The van der Waals surface area contributed by atoms with Gasteiger partial charge in [0.2, 0.25) is 0 Å². The number of allylic oxidation sites excluding steroid dienone is 3. The minimum atomic E-state index is 0.429. The summed E-state index contributed by atoms with van der Waals surface area (Å²) in [6, 6.07) is 0. The monoisotopic (exact) mass is 210 g/mol. The zero-order valence-corrected chi connectivity index (χ0v) is 10.2. The van der Waals surface area contributed by atoms with E-state index in [-0.39, 0.29) is 0 Å². The van der Waals surface area contributed by atoms with E-state index in [0.29, 0.717) is 12.5 Å². The summed E-state index contributed by atoms with van der Waals surface area (Å²) in [5.41, 5.74) is 0. The van der Waals surface area contributed by atoms with Gasteiger partial charge < -0.3 is 9.47 Å². The summed E-state index contributed by atoms with van der Waals surface area (Å²) >= 11 is 0. The third kappa shape index (κ3) is 6.00. The highest BCUT2D eigenvalue weighted by Gasteiger charge is 2.06. The van der Waals surface area contributed by atoms with E-state index >= 15 is 0 Å². The Hall–Kier alpha value is -1.18. The molecule has 0 N–H and O–H groups in total. The smallest absolute Gasteiger partial charge is 0.160 e. The molecule has 0 fully saturated rings. The molecular formula is C13H22O2. The van der Waals surface area contributed by atoms with E-state index in [9.17, 15) is 0 Å². The van der Waals surface area contributed by atoms with E-state index < -0.39 is 0 Å². The fourth-order valence-electron chi connectivity index (χ4n) is 1.07. The van der Waals surface area contributed by atoms with Gasteiger partial charge in [0.25, 0.3) is 0 Å². The van der Waals surface area contributed by atoms with Crippen molar-refractivity contribution in [2.75, 3.05) is 13.7 Å². The Morgan fingerprint density at radius 3 is 2.40 bits per heavy atom. The maximum atomic E-state index is 5.58. The summed E-state index contributed by atoms with van der Waals surface area (Å²) in [4.78, 5) is 0. The van der Waals surface area contributed by atoms with Gasteiger partial charge in [0, 0.05) is 0 Å². The van der Waals surface area contributed by atoms with Crippen LogP contribution in [0.2, 0.25) is 0 Å². The van der Waals surface area contributed by atoms with Crippen molar-refractivity contribution in [3.8, 4) is 0 Å². The Balaban J connectivity index is 4.70. The van der Waals surface area contributed by atoms with Crippen molar-refractivity contribution in [2.45, 2.75) is 27.2 Å². The van der Waals surface area contributed by atoms with E-state index in [4.69, 9.17) is 9.47 Å². The highest BCUT2D eigenvalue weighted by molar-refractivity contribution is 5.24. The lowest BCUT2D eigenvalue weighted by Crippen LogP contribution is -2.01. The molecule has 0 aliphatic carbocycles. The van der Waals surface area contributed by atoms with E-state index in [1.54, 1.807) is 13.2 Å². The van der Waals surface area contributed by atoms with Crippen molar-refractivity contribution in [3.05, 3.63) is 36.3 Å². The molecule has 0 heterocycles. The van der Waals surface area contributed by atoms with Crippen LogP contribution in [0.5, 0.6) is 0 Å². The van der Waals surface area contributed by atoms with Gasteiger partial charge >= 0.3 is 0 Å². The fraction of sp³-hybridized carbons (Fsp3) is 0.538. The molecule has 0 aromatic carbocycles. The van der Waals surface area contributed by atoms with Gasteiger partial charge in [-0.25, -0.2) is 0 Å². The van der Waals surface area contributed by atoms with Gasteiger partial charge in [-0.3, -0.25) is 0 Å². The number of hydrogen-bond acceptors (Lipinski definition) is 2. The van der Waals surface area contributed by atoms with Crippen molar-refractivity contribution >= 4 is 0 Å². The maximum absolute atomic E-state index is 5.58. The molecule has 0 radical (unpaired) electrons. The molecule has 2 heteroatoms. The first-order chi connectivity index (χ1) is 7.15. The predicted molar refractivity (Wildman–Crippen MR) is 64.5 cm³/mol. The van der Waals surface area contributed by atoms with Crippen molar-refractivity contribution in [1.82, 2.24) is 0 Å². The van der Waals surface area contributed by atoms with Gasteiger partial charge in [-0.05, 0) is 24.5 Å². The van der Waals surface area contributed by atoms with Crippen LogP contribution in [0.3, 0.4) is 0 Å². The zero-order chi connectivity index (χ0) is 11.7. The van der Waals surface area contributed by atoms with Gasteiger partial charge in [0.05, 0.1) is 13.7 Å². The second-order valence-electron chi connectivity index (χ2n) is 3.59. The molecule has 2 nitrogen and oxygen atoms in total. The van der Waals surface area contributed by atoms with Crippen LogP contribution in [0.4, 0.5) is 0 Å². The average Bonchev–Trinajstić information content (AvgIpc) is 2.20. The lowest BCUT2D eigenvalue weighted by Gasteiger charge is -2.13. The van der Waals surface area contributed by atoms with Crippen molar-refractivity contribution in [2.24, 2.45) is 5.92 Å². The van der Waals surface area contributed by atoms with Gasteiger partial charge in [0.1, 0.15) is 0 Å². The Kier molecular flexibility index (Phi) is 7.51. The molecule has 0 atom stereocenters. The van der Waals surface area contributed by atoms with Gasteiger partial charge in [-0.1, -0.05) is 33.4 Å². The van der Waals surface area contributed by atoms with E-state index in [2.05, 4.69) is 27.4 Å². The molecule has 15 heavy (non-hydrogen) atoms. The highest BCUT2D eigenvalue weighted by Crippen LogP contribution is 2.15. The van der Waals surface area contributed by atoms with Crippen LogP contribution >= 0.6 is 0 Å². The van der Waals surface area contributed by atoms with Crippen LogP contribution < -0.4 is 0 Å². The molecule has 0 saturated heterocycles. The van der Waals surface area contributed by atoms with E-state index in [1.165, 1.54) is 0 Å². The first-order valence-corrected chi connectivity index (χ1v) is 5.37. The Bertz CT molecular complexity index is 237. The summed E-state index contributed by atoms with van der Waals surface area (Å²) in [5, 5.41) is 0. The average molecular weight is 210 g/mol. The molecule has 86 valence electrons. The summed E-state index contributed by atoms with van der Waals surface area (Å²) in [6.07, 6.45) is 6.55. The third-order valence-electron chi connectivity index (χ3n) is 1.68. The van der Waals surface area contributed by atoms with Crippen LogP contribution in [0.15, 0.2) is 36.3 Å². The van der Waals surface area contributed by atoms with Crippen LogP contribution in [-0.4, -0.2) is 13.7 Å². The van der Waals surface area contributed by atoms with Crippen molar-refractivity contribution in [1.29, 1.82) is 0 Å². The summed E-state index contributed by atoms with van der Waals surface area (Å²) in [6.45, 7) is 10.6. The van der Waals surface area contributed by atoms with Gasteiger partial charge in [-0.2, -0.15) is 0 Å². The molecule has 0 unspecified atom stereocenters. The second kappa shape index (κ2) is 8.16. The fourth-order valence-corrected chi connectivity index (χ4v) is 1.07. The maximum Gasteiger partial charge on any atom is 0.160 e. The number of methoxy groups -OCH3 is 1. The van der Waals surface area contributed by atoms with Crippen molar-refractivity contribution in [3.63, 3.8) is 0 Å².